The maximum absolute atomic E-state index is 13.3. The fourth-order valence-corrected chi connectivity index (χ4v) is 10.4. The van der Waals surface area contributed by atoms with E-state index < -0.39 is 253 Å². The van der Waals surface area contributed by atoms with Crippen LogP contribution in [-0.4, -0.2) is 338 Å². The molecular formula is C45H75N3O33. The summed E-state index contributed by atoms with van der Waals surface area (Å²) in [6.07, 6.45) is -56.4. The van der Waals surface area contributed by atoms with Crippen LogP contribution < -0.4 is 16.0 Å². The number of carboxylic acid groups (broad SMARTS) is 1. The van der Waals surface area contributed by atoms with E-state index in [4.69, 9.17) is 52.1 Å². The molecule has 0 radical (unpaired) electrons. The highest BCUT2D eigenvalue weighted by Gasteiger charge is 2.62. The Bertz CT molecular complexity index is 2080. The molecule has 31 atom stereocenters. The normalized spacial score (nSPS) is 46.7. The minimum absolute atomic E-state index is 0.784. The molecule has 6 aliphatic heterocycles. The smallest absolute Gasteiger partial charge is 0.364 e. The second kappa shape index (κ2) is 28.3. The van der Waals surface area contributed by atoms with Gasteiger partial charge < -0.3 is 160 Å². The second-order valence-electron chi connectivity index (χ2n) is 20.4. The molecule has 0 aromatic heterocycles. The van der Waals surface area contributed by atoms with Gasteiger partial charge in [0.2, 0.25) is 17.7 Å². The molecule has 81 heavy (non-hydrogen) atoms. The number of amides is 3. The Morgan fingerprint density at radius 2 is 0.951 bits per heavy atom. The molecule has 6 fully saturated rings. The highest BCUT2D eigenvalue weighted by molar-refractivity contribution is 5.77. The molecule has 0 spiro atoms. The molecular weight excluding hydrogens is 1110 g/mol. The Balaban J connectivity index is 1.40. The van der Waals surface area contributed by atoms with Gasteiger partial charge in [-0.05, 0) is 6.92 Å². The number of rotatable bonds is 21. The number of aliphatic carboxylic acids is 1. The van der Waals surface area contributed by atoms with Gasteiger partial charge in [-0.3, -0.25) is 14.4 Å². The van der Waals surface area contributed by atoms with E-state index in [-0.39, 0.29) is 0 Å². The Hall–Kier alpha value is -3.24. The van der Waals surface area contributed by atoms with Gasteiger partial charge in [0.15, 0.2) is 31.5 Å². The number of nitrogens with one attached hydrogen (secondary N) is 3. The topological polar surface area (TPSA) is 570 Å². The summed E-state index contributed by atoms with van der Waals surface area (Å²) in [5.41, 5.74) is 0. The van der Waals surface area contributed by atoms with E-state index in [9.17, 15) is 111 Å². The van der Waals surface area contributed by atoms with Crippen LogP contribution in [0, 0.1) is 0 Å². The lowest BCUT2D eigenvalue weighted by Crippen LogP contribution is -2.72. The molecule has 0 aromatic rings. The van der Waals surface area contributed by atoms with Crippen LogP contribution in [0.3, 0.4) is 0 Å². The minimum atomic E-state index is -3.28. The molecule has 6 saturated heterocycles. The van der Waals surface area contributed by atoms with E-state index in [0.717, 1.165) is 20.8 Å². The number of hydrogen-bond acceptors (Lipinski definition) is 32. The number of carbonyl (C=O) groups is 4. The molecule has 6 unspecified atom stereocenters. The fourth-order valence-electron chi connectivity index (χ4n) is 10.4. The monoisotopic (exact) mass is 1190 g/mol. The van der Waals surface area contributed by atoms with Crippen LogP contribution >= 0.6 is 0 Å². The molecule has 6 heterocycles. The highest BCUT2D eigenvalue weighted by atomic mass is 16.8. The third-order valence-corrected chi connectivity index (χ3v) is 14.6. The van der Waals surface area contributed by atoms with Crippen molar-refractivity contribution in [2.24, 2.45) is 0 Å². The van der Waals surface area contributed by atoms with Gasteiger partial charge >= 0.3 is 5.97 Å². The summed E-state index contributed by atoms with van der Waals surface area (Å²) in [7, 11) is 0. The van der Waals surface area contributed by atoms with Gasteiger partial charge in [0, 0.05) is 27.2 Å². The SMILES string of the molecule is CC(=O)N[C@H]1[C@H]([C@H](O)[C@H](O)CO)OC(O[C@H]2[C@@H](O)[C@@H](CO)OC(O[C@H]3[C@H](OC4O[C@@H](C)[C@@H](O)[C@@H](O)[C@@H]4O)[C@@H](CO)OC(O[C@H]4[C@@H](O)[C@@H](CO)OC(O[C@H]5[C@@H](O)[C@@H](CO)OC(O)[C@@H]5NC(C)=O)[C@@H]4O)[C@@H]3NC(C)=O)[C@@H]2O)(C(=O)O)C[C@@H]1O. The molecule has 0 bridgehead atoms. The lowest BCUT2D eigenvalue weighted by molar-refractivity contribution is -0.398. The zero-order valence-corrected chi connectivity index (χ0v) is 43.7. The van der Waals surface area contributed by atoms with Crippen molar-refractivity contribution in [1.82, 2.24) is 16.0 Å². The van der Waals surface area contributed by atoms with Crippen molar-refractivity contribution in [3.63, 3.8) is 0 Å². The van der Waals surface area contributed by atoms with Crippen molar-refractivity contribution >= 4 is 23.7 Å². The Kier molecular flexibility index (Phi) is 23.4. The minimum Gasteiger partial charge on any atom is -0.477 e. The summed E-state index contributed by atoms with van der Waals surface area (Å²) in [5.74, 6) is -8.03. The third-order valence-electron chi connectivity index (χ3n) is 14.6. The van der Waals surface area contributed by atoms with Crippen molar-refractivity contribution in [2.75, 3.05) is 33.0 Å². The Labute approximate surface area is 459 Å². The maximum atomic E-state index is 13.3. The first-order valence-electron chi connectivity index (χ1n) is 25.6. The van der Waals surface area contributed by atoms with Crippen molar-refractivity contribution in [2.45, 2.75) is 224 Å². The van der Waals surface area contributed by atoms with Gasteiger partial charge in [-0.2, -0.15) is 0 Å². The number of aliphatic hydroxyl groups excluding tert-OH is 17. The van der Waals surface area contributed by atoms with Crippen LogP contribution in [0.15, 0.2) is 0 Å². The first-order chi connectivity index (χ1) is 38.1. The summed E-state index contributed by atoms with van der Waals surface area (Å²) < 4.78 is 64.2. The largest absolute Gasteiger partial charge is 0.477 e. The zero-order chi connectivity index (χ0) is 60.3. The first kappa shape index (κ1) is 66.9. The predicted octanol–water partition coefficient (Wildman–Crippen LogP) is -13.4. The van der Waals surface area contributed by atoms with Crippen molar-refractivity contribution < 1.29 is 163 Å². The standard InChI is InChI=1S/C45H75N3O33/c1-11-24(59)29(64)30(65)41(71-11)76-33-20(10-53)75-40(79-37-27(62)18(8-51)73-42(31(37)66)77-34-22(47-13(3)55)39(68)72-17(7-50)26(34)61)23(48-14(4)56)36(33)78-43-32(67)38(28(63)19(9-52)74-43)81-45(44(69)70)5-15(57)21(46-12(2)54)35(80-45)25(60)16(58)6-49/h11,15-43,49-53,57-68H,5-10H2,1-4H3,(H,46,54)(H,47,55)(H,48,56)(H,69,70)/t11-,15-,16+,17+,18+,19+,20+,21+,22+,23+,24+,25+,26-,27-,28-,29+,30-,31+,32+,33+,34+,35+,36+,37-,38-,39?,40?,41?,42?,43?,45?/m0/s1. The summed E-state index contributed by atoms with van der Waals surface area (Å²) in [6.45, 7) is -1.34. The van der Waals surface area contributed by atoms with E-state index in [0.29, 0.717) is 0 Å². The maximum Gasteiger partial charge on any atom is 0.364 e. The molecule has 3 amide bonds. The van der Waals surface area contributed by atoms with Crippen molar-refractivity contribution in [1.29, 1.82) is 0 Å². The summed E-state index contributed by atoms with van der Waals surface area (Å²) in [5, 5.41) is 203. The summed E-state index contributed by atoms with van der Waals surface area (Å²) >= 11 is 0. The van der Waals surface area contributed by atoms with E-state index in [1.165, 1.54) is 6.92 Å². The van der Waals surface area contributed by atoms with Crippen LogP contribution in [-0.2, 0) is 71.3 Å². The number of hydrogen-bond donors (Lipinski definition) is 21. The molecule has 6 rings (SSSR count). The number of carbonyl (C=O) groups excluding carboxylic acids is 3. The van der Waals surface area contributed by atoms with Gasteiger partial charge in [0.1, 0.15) is 134 Å². The van der Waals surface area contributed by atoms with Crippen LogP contribution in [0.4, 0.5) is 0 Å². The molecule has 468 valence electrons. The van der Waals surface area contributed by atoms with Gasteiger partial charge in [0.25, 0.3) is 5.79 Å². The molecule has 36 heteroatoms. The average molecular weight is 1190 g/mol. The Morgan fingerprint density at radius 1 is 0.506 bits per heavy atom. The van der Waals surface area contributed by atoms with Crippen LogP contribution in [0.5, 0.6) is 0 Å². The van der Waals surface area contributed by atoms with E-state index in [1.54, 1.807) is 0 Å². The second-order valence-corrected chi connectivity index (χ2v) is 20.4. The lowest BCUT2D eigenvalue weighted by Gasteiger charge is -2.52. The van der Waals surface area contributed by atoms with Gasteiger partial charge in [-0.25, -0.2) is 4.79 Å². The van der Waals surface area contributed by atoms with Gasteiger partial charge in [-0.15, -0.1) is 0 Å². The summed E-state index contributed by atoms with van der Waals surface area (Å²) in [6, 6.07) is -5.36. The molecule has 0 aromatic carbocycles. The van der Waals surface area contributed by atoms with Crippen LogP contribution in [0.1, 0.15) is 34.1 Å². The molecule has 0 aliphatic carbocycles. The molecule has 36 nitrogen and oxygen atoms in total. The highest BCUT2D eigenvalue weighted by Crippen LogP contribution is 2.40. The quantitative estimate of drug-likeness (QED) is 0.0507. The van der Waals surface area contributed by atoms with E-state index in [2.05, 4.69) is 16.0 Å². The third kappa shape index (κ3) is 14.5. The van der Waals surface area contributed by atoms with Crippen molar-refractivity contribution in [3.05, 3.63) is 0 Å². The fraction of sp³-hybridized carbons (Fsp3) is 0.911. The van der Waals surface area contributed by atoms with Crippen molar-refractivity contribution in [3.8, 4) is 0 Å². The van der Waals surface area contributed by atoms with Gasteiger partial charge in [0.05, 0.1) is 51.3 Å². The average Bonchev–Trinajstić information content (AvgIpc) is 3.62. The number of ether oxygens (including phenoxy) is 11. The zero-order valence-electron chi connectivity index (χ0n) is 43.7. The van der Waals surface area contributed by atoms with Crippen LogP contribution in [0.2, 0.25) is 0 Å². The van der Waals surface area contributed by atoms with Gasteiger partial charge in [-0.1, -0.05) is 0 Å². The lowest BCUT2D eigenvalue weighted by atomic mass is 9.88. The Morgan fingerprint density at radius 3 is 1.48 bits per heavy atom. The number of aliphatic hydroxyl groups is 17. The van der Waals surface area contributed by atoms with Crippen LogP contribution in [0.25, 0.3) is 0 Å². The number of carboxylic acids is 1. The van der Waals surface area contributed by atoms with E-state index >= 15 is 0 Å². The molecule has 6 aliphatic rings. The van der Waals surface area contributed by atoms with E-state index in [1.807, 2.05) is 0 Å². The summed E-state index contributed by atoms with van der Waals surface area (Å²) in [4.78, 5) is 50.8. The predicted molar refractivity (Wildman–Crippen MR) is 250 cm³/mol. The molecule has 0 saturated carbocycles. The first-order valence-corrected chi connectivity index (χ1v) is 25.6. The molecule has 21 N–H and O–H groups in total.